The van der Waals surface area contributed by atoms with Crippen LogP contribution in [0.1, 0.15) is 13.3 Å². The number of hydrogen-bond donors (Lipinski definition) is 7. The Bertz CT molecular complexity index is 417. The van der Waals surface area contributed by atoms with Gasteiger partial charge in [0.05, 0.1) is 18.8 Å². The first-order valence-electron chi connectivity index (χ1n) is 6.62. The van der Waals surface area contributed by atoms with Gasteiger partial charge in [0.25, 0.3) is 0 Å². The predicted molar refractivity (Wildman–Crippen MR) is 69.7 cm³/mol. The fourth-order valence-electron chi connectivity index (χ4n) is 2.32. The van der Waals surface area contributed by atoms with Crippen molar-refractivity contribution in [1.29, 1.82) is 0 Å². The maximum atomic E-state index is 11.3. The fourth-order valence-corrected chi connectivity index (χ4v) is 2.32. The lowest BCUT2D eigenvalue weighted by Crippen LogP contribution is -2.66. The van der Waals surface area contributed by atoms with Crippen LogP contribution in [0.3, 0.4) is 0 Å². The third-order valence-electron chi connectivity index (χ3n) is 3.60. The van der Waals surface area contributed by atoms with Gasteiger partial charge in [0, 0.05) is 6.42 Å². The summed E-state index contributed by atoms with van der Waals surface area (Å²) in [5, 5.41) is 58.6. The smallest absolute Gasteiger partial charge is 0.335 e. The van der Waals surface area contributed by atoms with E-state index in [0.717, 1.165) is 0 Å². The third kappa shape index (κ3) is 3.91. The van der Waals surface area contributed by atoms with Gasteiger partial charge in [0.1, 0.15) is 24.9 Å². The highest BCUT2D eigenvalue weighted by Gasteiger charge is 2.52. The average molecular weight is 323 g/mol. The van der Waals surface area contributed by atoms with Crippen LogP contribution in [0.2, 0.25) is 0 Å². The molecule has 1 heterocycles. The van der Waals surface area contributed by atoms with Crippen molar-refractivity contribution in [3.05, 3.63) is 0 Å². The van der Waals surface area contributed by atoms with E-state index in [0.29, 0.717) is 0 Å². The quantitative estimate of drug-likeness (QED) is 0.258. The van der Waals surface area contributed by atoms with Crippen LogP contribution >= 0.6 is 0 Å². The lowest BCUT2D eigenvalue weighted by Gasteiger charge is -2.45. The highest BCUT2D eigenvalue weighted by molar-refractivity contribution is 5.78. The third-order valence-corrected chi connectivity index (χ3v) is 3.60. The van der Waals surface area contributed by atoms with Crippen LogP contribution < -0.4 is 5.32 Å². The van der Waals surface area contributed by atoms with E-state index < -0.39 is 61.1 Å². The van der Waals surface area contributed by atoms with Gasteiger partial charge in [0.2, 0.25) is 5.91 Å². The Balaban J connectivity index is 3.07. The first-order valence-corrected chi connectivity index (χ1v) is 6.62. The molecule has 1 aliphatic rings. The van der Waals surface area contributed by atoms with E-state index >= 15 is 0 Å². The number of aliphatic hydroxyl groups is 5. The molecule has 10 nitrogen and oxygen atoms in total. The van der Waals surface area contributed by atoms with Gasteiger partial charge in [-0.2, -0.15) is 0 Å². The minimum atomic E-state index is -1.85. The summed E-state index contributed by atoms with van der Waals surface area (Å²) >= 11 is 0. The second kappa shape index (κ2) is 7.31. The van der Waals surface area contributed by atoms with E-state index in [1.807, 2.05) is 0 Å². The van der Waals surface area contributed by atoms with Crippen LogP contribution in [0.5, 0.6) is 0 Å². The summed E-state index contributed by atoms with van der Waals surface area (Å²) in [5.74, 6) is -2.27. The van der Waals surface area contributed by atoms with Crippen molar-refractivity contribution in [2.75, 3.05) is 13.2 Å². The molecule has 1 aliphatic heterocycles. The van der Waals surface area contributed by atoms with Gasteiger partial charge < -0.3 is 40.7 Å². The number of amides is 1. The molecule has 0 aromatic heterocycles. The summed E-state index contributed by atoms with van der Waals surface area (Å²) in [5.41, 5.74) is -1.85. The molecule has 3 unspecified atom stereocenters. The van der Waals surface area contributed by atoms with Crippen LogP contribution in [0.15, 0.2) is 0 Å². The van der Waals surface area contributed by atoms with Crippen molar-refractivity contribution < 1.29 is 45.0 Å². The zero-order valence-corrected chi connectivity index (χ0v) is 11.9. The van der Waals surface area contributed by atoms with Crippen LogP contribution in [0.4, 0.5) is 0 Å². The molecule has 1 saturated heterocycles. The standard InChI is InChI=1S/C12H21NO9/c1-12(11(20)21)2-5(16)8(13-7(18)4-15)10(22-12)9(19)6(17)3-14/h5-6,8-10,14-17,19H,2-4H2,1H3,(H,13,18)(H,20,21)/t5-,6?,8-,9?,10?,12-/m1/s1. The highest BCUT2D eigenvalue weighted by Crippen LogP contribution is 2.31. The SMILES string of the molecule is C[C@]1(C(=O)O)C[C@@H](O)[C@@H](NC(=O)CO)C(C(O)C(O)CO)O1. The number of ether oxygens (including phenoxy) is 1. The van der Waals surface area contributed by atoms with E-state index in [1.54, 1.807) is 0 Å². The van der Waals surface area contributed by atoms with Crippen LogP contribution in [-0.4, -0.2) is 91.8 Å². The fraction of sp³-hybridized carbons (Fsp3) is 0.833. The molecule has 7 N–H and O–H groups in total. The summed E-state index contributed by atoms with van der Waals surface area (Å²) in [6, 6.07) is -1.26. The molecule has 0 aromatic carbocycles. The average Bonchev–Trinajstić information content (AvgIpc) is 2.47. The van der Waals surface area contributed by atoms with Crippen LogP contribution in [0, 0.1) is 0 Å². The van der Waals surface area contributed by atoms with Crippen LogP contribution in [-0.2, 0) is 14.3 Å². The topological polar surface area (TPSA) is 177 Å². The van der Waals surface area contributed by atoms with Crippen molar-refractivity contribution in [2.24, 2.45) is 0 Å². The first kappa shape index (κ1) is 18.7. The molecule has 0 aliphatic carbocycles. The number of carbonyl (C=O) groups excluding carboxylic acids is 1. The van der Waals surface area contributed by atoms with E-state index in [9.17, 15) is 24.9 Å². The molecule has 128 valence electrons. The molecular weight excluding hydrogens is 302 g/mol. The largest absolute Gasteiger partial charge is 0.479 e. The van der Waals surface area contributed by atoms with Crippen molar-refractivity contribution in [2.45, 2.75) is 49.4 Å². The van der Waals surface area contributed by atoms with E-state index in [-0.39, 0.29) is 6.42 Å². The molecule has 0 radical (unpaired) electrons. The Labute approximate surface area is 125 Å². The number of rotatable bonds is 6. The maximum Gasteiger partial charge on any atom is 0.335 e. The van der Waals surface area contributed by atoms with Crippen molar-refractivity contribution in [3.8, 4) is 0 Å². The first-order chi connectivity index (χ1) is 10.2. The second-order valence-corrected chi connectivity index (χ2v) is 5.38. The van der Waals surface area contributed by atoms with Gasteiger partial charge in [-0.05, 0) is 6.92 Å². The number of carbonyl (C=O) groups is 2. The van der Waals surface area contributed by atoms with Gasteiger partial charge in [0.15, 0.2) is 5.60 Å². The number of hydrogen-bond acceptors (Lipinski definition) is 8. The van der Waals surface area contributed by atoms with E-state index in [1.165, 1.54) is 6.92 Å². The van der Waals surface area contributed by atoms with Gasteiger partial charge in [-0.25, -0.2) is 4.79 Å². The summed E-state index contributed by atoms with van der Waals surface area (Å²) in [4.78, 5) is 22.5. The second-order valence-electron chi connectivity index (χ2n) is 5.38. The highest BCUT2D eigenvalue weighted by atomic mass is 16.6. The van der Waals surface area contributed by atoms with E-state index in [2.05, 4.69) is 5.32 Å². The minimum Gasteiger partial charge on any atom is -0.479 e. The Morgan fingerprint density at radius 3 is 2.41 bits per heavy atom. The molecule has 1 rings (SSSR count). The van der Waals surface area contributed by atoms with Gasteiger partial charge in [-0.3, -0.25) is 4.79 Å². The number of carboxylic acid groups (broad SMARTS) is 1. The zero-order chi connectivity index (χ0) is 17.1. The molecule has 10 heteroatoms. The van der Waals surface area contributed by atoms with Crippen molar-refractivity contribution in [3.63, 3.8) is 0 Å². The van der Waals surface area contributed by atoms with Gasteiger partial charge >= 0.3 is 5.97 Å². The number of nitrogens with one attached hydrogen (secondary N) is 1. The Hall–Kier alpha value is -1.30. The van der Waals surface area contributed by atoms with Gasteiger partial charge in [-0.1, -0.05) is 0 Å². The molecule has 6 atom stereocenters. The Morgan fingerprint density at radius 2 is 1.95 bits per heavy atom. The number of aliphatic carboxylic acids is 1. The molecule has 0 aromatic rings. The van der Waals surface area contributed by atoms with Crippen molar-refractivity contribution in [1.82, 2.24) is 5.32 Å². The predicted octanol–water partition coefficient (Wildman–Crippen LogP) is -3.83. The monoisotopic (exact) mass is 323 g/mol. The lowest BCUT2D eigenvalue weighted by molar-refractivity contribution is -0.224. The normalized spacial score (nSPS) is 34.7. The van der Waals surface area contributed by atoms with E-state index in [4.69, 9.17) is 20.1 Å². The van der Waals surface area contributed by atoms with Crippen molar-refractivity contribution >= 4 is 11.9 Å². The molecular formula is C12H21NO9. The lowest BCUT2D eigenvalue weighted by atomic mass is 9.84. The summed E-state index contributed by atoms with van der Waals surface area (Å²) in [7, 11) is 0. The van der Waals surface area contributed by atoms with Gasteiger partial charge in [-0.15, -0.1) is 0 Å². The summed E-state index contributed by atoms with van der Waals surface area (Å²) < 4.78 is 5.27. The zero-order valence-electron chi connectivity index (χ0n) is 11.9. The molecule has 0 bridgehead atoms. The Kier molecular flexibility index (Phi) is 6.23. The van der Waals surface area contributed by atoms with Crippen LogP contribution in [0.25, 0.3) is 0 Å². The minimum absolute atomic E-state index is 0.378. The molecule has 0 saturated carbocycles. The number of aliphatic hydroxyl groups excluding tert-OH is 5. The maximum absolute atomic E-state index is 11.3. The summed E-state index contributed by atoms with van der Waals surface area (Å²) in [6.45, 7) is -0.542. The summed E-state index contributed by atoms with van der Waals surface area (Å²) in [6.07, 6.45) is -6.71. The Morgan fingerprint density at radius 1 is 1.36 bits per heavy atom. The molecule has 1 amide bonds. The molecule has 22 heavy (non-hydrogen) atoms. The molecule has 0 spiro atoms. The number of carboxylic acids is 1. The molecule has 1 fully saturated rings.